The average molecular weight is 870 g/mol. The summed E-state index contributed by atoms with van der Waals surface area (Å²) in [5.74, 6) is -0.975. The molecule has 0 amide bonds. The fourth-order valence-corrected chi connectivity index (χ4v) is 5.75. The molecule has 1 N–H and O–H groups in total. The van der Waals surface area contributed by atoms with E-state index in [-0.39, 0.29) is 32.2 Å². The van der Waals surface area contributed by atoms with E-state index < -0.39 is 32.5 Å². The Hall–Kier alpha value is -3.63. The molecule has 3 atom stereocenters. The first-order chi connectivity index (χ1) is 29.4. The Morgan fingerprint density at radius 2 is 1.10 bits per heavy atom. The monoisotopic (exact) mass is 870 g/mol. The Bertz CT molecular complexity index is 1460. The molecular weight excluding hydrogens is 790 g/mol. The number of quaternary nitrogens is 1. The minimum absolute atomic E-state index is 0.0604. The second-order valence-corrected chi connectivity index (χ2v) is 16.9. The van der Waals surface area contributed by atoms with E-state index in [2.05, 4.69) is 92.0 Å². The van der Waals surface area contributed by atoms with E-state index in [4.69, 9.17) is 18.5 Å². The van der Waals surface area contributed by atoms with Gasteiger partial charge in [-0.15, -0.1) is 0 Å². The standard InChI is InChI=1S/C50H80NO9P/c1-6-8-9-10-11-12-13-14-15-16-17-18-19-24-27-30-33-36-39-42-50(54)60-48(46-59-61(55,56)58-44-43-51(3,4)5)45-57-49(53)41-38-35-32-29-26-23-21-20-22-25-28-31-34-37-40-47(52)7-2/h8-9,11-12,14-15,17-18,21-25,27,29,31-32,34,37,40,47-48,52H,6-7,10,13,16,19-20,26,28,30,33,35-36,38-39,41-46H2,1-5H3/b9-8-,12-11-,15-14-,18-17-,23-21-,25-22-,27-24-,32-29-,34-31-,40-37+/t47-,48+/m0/s1. The zero-order valence-electron chi connectivity index (χ0n) is 38.2. The molecule has 0 aromatic carbocycles. The van der Waals surface area contributed by atoms with Crippen molar-refractivity contribution in [2.45, 2.75) is 135 Å². The van der Waals surface area contributed by atoms with E-state index in [0.29, 0.717) is 36.7 Å². The molecule has 0 aliphatic carbocycles. The van der Waals surface area contributed by atoms with Crippen LogP contribution in [-0.2, 0) is 32.7 Å². The number of likely N-dealkylation sites (N-methyl/N-ethyl adjacent to an activating group) is 1. The smallest absolute Gasteiger partial charge is 0.306 e. The predicted molar refractivity (Wildman–Crippen MR) is 250 cm³/mol. The number of carbonyl (C=O) groups excluding carboxylic acids is 2. The maximum atomic E-state index is 12.7. The number of esters is 2. The summed E-state index contributed by atoms with van der Waals surface area (Å²) in [5.41, 5.74) is 0. The van der Waals surface area contributed by atoms with Crippen LogP contribution < -0.4 is 4.89 Å². The van der Waals surface area contributed by atoms with Gasteiger partial charge in [0.25, 0.3) is 7.82 Å². The first-order valence-corrected chi connectivity index (χ1v) is 23.8. The van der Waals surface area contributed by atoms with Crippen LogP contribution >= 0.6 is 7.82 Å². The van der Waals surface area contributed by atoms with Gasteiger partial charge < -0.3 is 33.0 Å². The Kier molecular flexibility index (Phi) is 38.0. The first-order valence-electron chi connectivity index (χ1n) is 22.4. The van der Waals surface area contributed by atoms with Gasteiger partial charge in [-0.05, 0) is 89.9 Å². The van der Waals surface area contributed by atoms with Crippen LogP contribution in [0.25, 0.3) is 0 Å². The number of unbranched alkanes of at least 4 members (excludes halogenated alkanes) is 4. The number of phosphoric acid groups is 1. The summed E-state index contributed by atoms with van der Waals surface area (Å²) in [5, 5.41) is 9.48. The van der Waals surface area contributed by atoms with Crippen molar-refractivity contribution in [1.82, 2.24) is 0 Å². The van der Waals surface area contributed by atoms with Crippen LogP contribution in [0.15, 0.2) is 122 Å². The number of nitrogens with zero attached hydrogens (tertiary/aromatic N) is 1. The molecule has 0 saturated carbocycles. The van der Waals surface area contributed by atoms with Gasteiger partial charge in [-0.3, -0.25) is 14.2 Å². The molecule has 0 spiro atoms. The van der Waals surface area contributed by atoms with Crippen molar-refractivity contribution in [3.8, 4) is 0 Å². The lowest BCUT2D eigenvalue weighted by Crippen LogP contribution is -2.37. The zero-order valence-corrected chi connectivity index (χ0v) is 39.1. The van der Waals surface area contributed by atoms with Crippen LogP contribution in [0.5, 0.6) is 0 Å². The van der Waals surface area contributed by atoms with Gasteiger partial charge in [0, 0.05) is 12.8 Å². The van der Waals surface area contributed by atoms with E-state index in [9.17, 15) is 24.2 Å². The number of hydrogen-bond donors (Lipinski definition) is 1. The number of ether oxygens (including phenoxy) is 2. The topological polar surface area (TPSA) is 131 Å². The highest BCUT2D eigenvalue weighted by molar-refractivity contribution is 7.45. The van der Waals surface area contributed by atoms with Crippen molar-refractivity contribution in [1.29, 1.82) is 0 Å². The van der Waals surface area contributed by atoms with Gasteiger partial charge in [0.2, 0.25) is 0 Å². The molecule has 0 fully saturated rings. The van der Waals surface area contributed by atoms with Crippen LogP contribution in [0.2, 0.25) is 0 Å². The fraction of sp³-hybridized carbons (Fsp3) is 0.560. The van der Waals surface area contributed by atoms with Gasteiger partial charge in [0.05, 0.1) is 33.9 Å². The van der Waals surface area contributed by atoms with Crippen LogP contribution in [0, 0.1) is 0 Å². The molecule has 0 saturated heterocycles. The SMILES string of the molecule is CC/C=C\C/C=C\C/C=C\C/C=C\C/C=C\CCCCCC(=O)O[C@H](COC(=O)CCC/C=C\C/C=C\C/C=C\C/C=C\C=C\[C@@H](O)CC)COP(=O)([O-])OCC[N+](C)(C)C. The number of rotatable bonds is 38. The molecule has 0 rings (SSSR count). The van der Waals surface area contributed by atoms with E-state index in [1.54, 1.807) is 6.08 Å². The van der Waals surface area contributed by atoms with Crippen molar-refractivity contribution in [2.24, 2.45) is 0 Å². The first kappa shape index (κ1) is 57.4. The molecule has 11 heteroatoms. The van der Waals surface area contributed by atoms with Crippen molar-refractivity contribution >= 4 is 19.8 Å². The summed E-state index contributed by atoms with van der Waals surface area (Å²) in [4.78, 5) is 37.6. The molecule has 61 heavy (non-hydrogen) atoms. The lowest BCUT2D eigenvalue weighted by atomic mass is 10.1. The highest BCUT2D eigenvalue weighted by atomic mass is 31.2. The molecule has 1 unspecified atom stereocenters. The fourth-order valence-electron chi connectivity index (χ4n) is 5.02. The third kappa shape index (κ3) is 44.2. The van der Waals surface area contributed by atoms with Gasteiger partial charge in [0.15, 0.2) is 6.10 Å². The van der Waals surface area contributed by atoms with E-state index in [1.165, 1.54) is 0 Å². The molecule has 0 aliphatic heterocycles. The molecule has 344 valence electrons. The zero-order chi connectivity index (χ0) is 45.1. The second kappa shape index (κ2) is 40.4. The minimum atomic E-state index is -4.67. The van der Waals surface area contributed by atoms with E-state index >= 15 is 0 Å². The maximum Gasteiger partial charge on any atom is 0.306 e. The molecule has 0 radical (unpaired) electrons. The van der Waals surface area contributed by atoms with Crippen molar-refractivity contribution in [3.63, 3.8) is 0 Å². The van der Waals surface area contributed by atoms with Gasteiger partial charge in [-0.1, -0.05) is 142 Å². The molecule has 10 nitrogen and oxygen atoms in total. The van der Waals surface area contributed by atoms with Crippen LogP contribution in [0.1, 0.15) is 123 Å². The summed E-state index contributed by atoms with van der Waals surface area (Å²) in [7, 11) is 1.06. The van der Waals surface area contributed by atoms with Gasteiger partial charge in [0.1, 0.15) is 19.8 Å². The van der Waals surface area contributed by atoms with Crippen molar-refractivity contribution in [2.75, 3.05) is 47.5 Å². The average Bonchev–Trinajstić information content (AvgIpc) is 3.21. The van der Waals surface area contributed by atoms with E-state index in [1.807, 2.05) is 58.4 Å². The number of aliphatic hydroxyl groups is 1. The number of carbonyl (C=O) groups is 2. The summed E-state index contributed by atoms with van der Waals surface area (Å²) < 4.78 is 33.8. The quantitative estimate of drug-likeness (QED) is 0.0161. The maximum absolute atomic E-state index is 12.7. The molecule has 0 aromatic heterocycles. The highest BCUT2D eigenvalue weighted by Gasteiger charge is 2.21. The van der Waals surface area contributed by atoms with E-state index in [0.717, 1.165) is 70.6 Å². The number of allylic oxidation sites excluding steroid dienone is 19. The summed E-state index contributed by atoms with van der Waals surface area (Å²) in [6.07, 6.45) is 53.3. The Morgan fingerprint density at radius 1 is 0.607 bits per heavy atom. The third-order valence-electron chi connectivity index (χ3n) is 8.63. The minimum Gasteiger partial charge on any atom is -0.756 e. The summed E-state index contributed by atoms with van der Waals surface area (Å²) in [6.45, 7) is 3.63. The molecule has 0 bridgehead atoms. The summed E-state index contributed by atoms with van der Waals surface area (Å²) >= 11 is 0. The van der Waals surface area contributed by atoms with Crippen LogP contribution in [0.4, 0.5) is 0 Å². The largest absolute Gasteiger partial charge is 0.756 e. The summed E-state index contributed by atoms with van der Waals surface area (Å²) in [6, 6.07) is 0. The Labute approximate surface area is 370 Å². The Morgan fingerprint density at radius 3 is 1.62 bits per heavy atom. The molecule has 0 heterocycles. The lowest BCUT2D eigenvalue weighted by Gasteiger charge is -2.28. The lowest BCUT2D eigenvalue weighted by molar-refractivity contribution is -0.870. The van der Waals surface area contributed by atoms with Gasteiger partial charge in [-0.2, -0.15) is 0 Å². The molecular formula is C50H80NO9P. The Balaban J connectivity index is 4.56. The van der Waals surface area contributed by atoms with Crippen LogP contribution in [0.3, 0.4) is 0 Å². The predicted octanol–water partition coefficient (Wildman–Crippen LogP) is 11.2. The third-order valence-corrected chi connectivity index (χ3v) is 9.60. The molecule has 0 aromatic rings. The van der Waals surface area contributed by atoms with Gasteiger partial charge >= 0.3 is 11.9 Å². The highest BCUT2D eigenvalue weighted by Crippen LogP contribution is 2.38. The molecule has 0 aliphatic rings. The van der Waals surface area contributed by atoms with Crippen molar-refractivity contribution < 1.29 is 47.2 Å². The van der Waals surface area contributed by atoms with Crippen molar-refractivity contribution in [3.05, 3.63) is 122 Å². The van der Waals surface area contributed by atoms with Gasteiger partial charge in [-0.25, -0.2) is 0 Å². The second-order valence-electron chi connectivity index (χ2n) is 15.5. The van der Waals surface area contributed by atoms with Crippen LogP contribution in [-0.4, -0.2) is 81.2 Å². The number of aliphatic hydroxyl groups excluding tert-OH is 1. The normalized spacial score (nSPS) is 15.2. The number of phosphoric ester groups is 1. The number of hydrogen-bond acceptors (Lipinski definition) is 9.